The number of hydrogen-bond donors (Lipinski definition) is 2. The smallest absolute Gasteiger partial charge is 0.328 e. The van der Waals surface area contributed by atoms with Gasteiger partial charge in [0.25, 0.3) is 11.5 Å². The number of pyridine rings is 1. The van der Waals surface area contributed by atoms with Crippen molar-refractivity contribution in [2.24, 2.45) is 7.05 Å². The molecule has 0 radical (unpaired) electrons. The molecule has 3 rings (SSSR count). The summed E-state index contributed by atoms with van der Waals surface area (Å²) < 4.78 is 6.36. The summed E-state index contributed by atoms with van der Waals surface area (Å²) in [5, 5.41) is 3.05. The number of ether oxygens (including phenoxy) is 1. The quantitative estimate of drug-likeness (QED) is 0.722. The van der Waals surface area contributed by atoms with Gasteiger partial charge in [0.15, 0.2) is 0 Å². The summed E-state index contributed by atoms with van der Waals surface area (Å²) in [6.45, 7) is 0.291. The molecule has 128 valence electrons. The molecule has 0 unspecified atom stereocenters. The van der Waals surface area contributed by atoms with Crippen LogP contribution in [0, 0.1) is 0 Å². The number of carbonyl (C=O) groups is 1. The molecule has 0 aliphatic rings. The fourth-order valence-electron chi connectivity index (χ4n) is 2.47. The minimum atomic E-state index is -0.522. The van der Waals surface area contributed by atoms with Crippen molar-refractivity contribution in [1.82, 2.24) is 19.9 Å². The summed E-state index contributed by atoms with van der Waals surface area (Å²) in [5.74, 6) is 0.135. The van der Waals surface area contributed by atoms with Crippen LogP contribution in [0.25, 0.3) is 10.9 Å². The molecule has 0 aliphatic heterocycles. The molecule has 2 N–H and O–H groups in total. The van der Waals surface area contributed by atoms with Crippen molar-refractivity contribution in [3.8, 4) is 5.88 Å². The topological polar surface area (TPSA) is 106 Å². The van der Waals surface area contributed by atoms with Gasteiger partial charge in [-0.25, -0.2) is 9.78 Å². The number of benzene rings is 1. The van der Waals surface area contributed by atoms with Crippen LogP contribution in [0.15, 0.2) is 46.1 Å². The number of H-pyrrole nitrogens is 1. The SMILES string of the molecule is COc1cc(CNC(=O)c2ccc3c(c2)c(=O)[nH]c(=O)n3C)ccn1. The molecular formula is C17H16N4O4. The monoisotopic (exact) mass is 340 g/mol. The van der Waals surface area contributed by atoms with E-state index >= 15 is 0 Å². The third-order valence-corrected chi connectivity index (χ3v) is 3.85. The molecule has 0 spiro atoms. The van der Waals surface area contributed by atoms with E-state index in [4.69, 9.17) is 4.74 Å². The van der Waals surface area contributed by atoms with Crippen molar-refractivity contribution in [2.45, 2.75) is 6.54 Å². The van der Waals surface area contributed by atoms with Gasteiger partial charge in [-0.2, -0.15) is 0 Å². The summed E-state index contributed by atoms with van der Waals surface area (Å²) in [6.07, 6.45) is 1.59. The molecule has 0 fully saturated rings. The number of aryl methyl sites for hydroxylation is 1. The number of hydrogen-bond acceptors (Lipinski definition) is 5. The van der Waals surface area contributed by atoms with Crippen LogP contribution in [-0.2, 0) is 13.6 Å². The number of aromatic nitrogens is 3. The van der Waals surface area contributed by atoms with Gasteiger partial charge < -0.3 is 10.1 Å². The fourth-order valence-corrected chi connectivity index (χ4v) is 2.47. The number of nitrogens with one attached hydrogen (secondary N) is 2. The second-order valence-corrected chi connectivity index (χ2v) is 5.44. The van der Waals surface area contributed by atoms with Crippen LogP contribution in [0.1, 0.15) is 15.9 Å². The number of carbonyl (C=O) groups excluding carboxylic acids is 1. The predicted molar refractivity (Wildman–Crippen MR) is 91.8 cm³/mol. The van der Waals surface area contributed by atoms with Crippen LogP contribution >= 0.6 is 0 Å². The van der Waals surface area contributed by atoms with Crippen molar-refractivity contribution >= 4 is 16.8 Å². The minimum absolute atomic E-state index is 0.278. The Hall–Kier alpha value is -3.42. The molecular weight excluding hydrogens is 324 g/mol. The van der Waals surface area contributed by atoms with Crippen molar-refractivity contribution in [3.05, 3.63) is 68.5 Å². The van der Waals surface area contributed by atoms with Gasteiger partial charge in [0.05, 0.1) is 18.0 Å². The van der Waals surface area contributed by atoms with Crippen molar-refractivity contribution in [3.63, 3.8) is 0 Å². The first-order valence-corrected chi connectivity index (χ1v) is 7.50. The maximum Gasteiger partial charge on any atom is 0.328 e. The molecule has 0 bridgehead atoms. The first kappa shape index (κ1) is 16.4. The summed E-state index contributed by atoms with van der Waals surface area (Å²) in [5.41, 5.74) is 0.607. The molecule has 0 saturated heterocycles. The highest BCUT2D eigenvalue weighted by molar-refractivity contribution is 5.97. The van der Waals surface area contributed by atoms with Crippen LogP contribution in [0.2, 0.25) is 0 Å². The molecule has 25 heavy (non-hydrogen) atoms. The molecule has 1 aromatic carbocycles. The van der Waals surface area contributed by atoms with Crippen molar-refractivity contribution in [1.29, 1.82) is 0 Å². The third kappa shape index (κ3) is 3.27. The van der Waals surface area contributed by atoms with Crippen molar-refractivity contribution in [2.75, 3.05) is 7.11 Å². The lowest BCUT2D eigenvalue weighted by molar-refractivity contribution is 0.0951. The zero-order valence-corrected chi connectivity index (χ0v) is 13.7. The van der Waals surface area contributed by atoms with E-state index < -0.39 is 11.2 Å². The third-order valence-electron chi connectivity index (χ3n) is 3.85. The summed E-state index contributed by atoms with van der Waals surface area (Å²) in [7, 11) is 3.07. The summed E-state index contributed by atoms with van der Waals surface area (Å²) in [6, 6.07) is 8.11. The minimum Gasteiger partial charge on any atom is -0.481 e. The Labute approximate surface area is 142 Å². The molecule has 8 nitrogen and oxygen atoms in total. The molecule has 8 heteroatoms. The second kappa shape index (κ2) is 6.60. The largest absolute Gasteiger partial charge is 0.481 e. The highest BCUT2D eigenvalue weighted by atomic mass is 16.5. The molecule has 0 atom stereocenters. The average Bonchev–Trinajstić information content (AvgIpc) is 2.64. The van der Waals surface area contributed by atoms with Crippen LogP contribution in [0.4, 0.5) is 0 Å². The maximum atomic E-state index is 12.3. The predicted octanol–water partition coefficient (Wildman–Crippen LogP) is 0.560. The van der Waals surface area contributed by atoms with Gasteiger partial charge in [-0.1, -0.05) is 0 Å². The highest BCUT2D eigenvalue weighted by Gasteiger charge is 2.10. The summed E-state index contributed by atoms with van der Waals surface area (Å²) in [4.78, 5) is 42.1. The second-order valence-electron chi connectivity index (χ2n) is 5.44. The number of amides is 1. The number of rotatable bonds is 4. The van der Waals surface area contributed by atoms with E-state index in [0.717, 1.165) is 5.56 Å². The van der Waals surface area contributed by atoms with Gasteiger partial charge in [-0.15, -0.1) is 0 Å². The van der Waals surface area contributed by atoms with E-state index in [2.05, 4.69) is 15.3 Å². The van der Waals surface area contributed by atoms with Crippen LogP contribution in [0.5, 0.6) is 5.88 Å². The van der Waals surface area contributed by atoms with Crippen LogP contribution in [-0.4, -0.2) is 27.6 Å². The number of aromatic amines is 1. The van der Waals surface area contributed by atoms with Gasteiger partial charge in [0.2, 0.25) is 5.88 Å². The Morgan fingerprint density at radius 1 is 1.28 bits per heavy atom. The molecule has 2 heterocycles. The van der Waals surface area contributed by atoms with Gasteiger partial charge >= 0.3 is 5.69 Å². The first-order chi connectivity index (χ1) is 12.0. The Bertz CT molecular complexity index is 1070. The van der Waals surface area contributed by atoms with Gasteiger partial charge in [-0.05, 0) is 29.8 Å². The van der Waals surface area contributed by atoms with Crippen LogP contribution < -0.4 is 21.3 Å². The van der Waals surface area contributed by atoms with Gasteiger partial charge in [0, 0.05) is 31.4 Å². The molecule has 3 aromatic rings. The Balaban J connectivity index is 1.85. The first-order valence-electron chi connectivity index (χ1n) is 7.50. The lowest BCUT2D eigenvalue weighted by Gasteiger charge is -2.08. The molecule has 0 aliphatic carbocycles. The lowest BCUT2D eigenvalue weighted by atomic mass is 10.1. The number of nitrogens with zero attached hydrogens (tertiary/aromatic N) is 2. The maximum absolute atomic E-state index is 12.3. The van der Waals surface area contributed by atoms with Gasteiger partial charge in [-0.3, -0.25) is 19.1 Å². The zero-order valence-electron chi connectivity index (χ0n) is 13.7. The standard InChI is InChI=1S/C17H16N4O4/c1-21-13-4-3-11(8-12(13)16(23)20-17(21)24)15(22)19-9-10-5-6-18-14(7-10)25-2/h3-8H,9H2,1-2H3,(H,19,22)(H,20,23,24). The molecule has 1 amide bonds. The Kier molecular flexibility index (Phi) is 4.34. The molecule has 2 aromatic heterocycles. The summed E-state index contributed by atoms with van der Waals surface area (Å²) >= 11 is 0. The number of methoxy groups -OCH3 is 1. The van der Waals surface area contributed by atoms with E-state index in [1.54, 1.807) is 37.5 Å². The number of fused-ring (bicyclic) bond motifs is 1. The lowest BCUT2D eigenvalue weighted by Crippen LogP contribution is -2.29. The Morgan fingerprint density at radius 2 is 2.08 bits per heavy atom. The van der Waals surface area contributed by atoms with Crippen LogP contribution in [0.3, 0.4) is 0 Å². The van der Waals surface area contributed by atoms with Gasteiger partial charge in [0.1, 0.15) is 0 Å². The van der Waals surface area contributed by atoms with E-state index in [1.165, 1.54) is 17.7 Å². The zero-order chi connectivity index (χ0) is 18.0. The average molecular weight is 340 g/mol. The van der Waals surface area contributed by atoms with E-state index in [-0.39, 0.29) is 11.3 Å². The van der Waals surface area contributed by atoms with E-state index in [9.17, 15) is 14.4 Å². The normalized spacial score (nSPS) is 10.6. The highest BCUT2D eigenvalue weighted by Crippen LogP contribution is 2.11. The van der Waals surface area contributed by atoms with E-state index in [1.807, 2.05) is 0 Å². The fraction of sp³-hybridized carbons (Fsp3) is 0.176. The van der Waals surface area contributed by atoms with Crippen molar-refractivity contribution < 1.29 is 9.53 Å². The molecule has 0 saturated carbocycles. The van der Waals surface area contributed by atoms with E-state index in [0.29, 0.717) is 23.5 Å². The Morgan fingerprint density at radius 3 is 2.84 bits per heavy atom.